The number of amides is 1. The SMILES string of the molecule is NNC(=O)c1c(O)[nH]c2cc3[nH]c(=O)[nH]c3cc12. The number of nitrogen functional groups attached to an aromatic ring is 1. The quantitative estimate of drug-likeness (QED) is 0.198. The maximum Gasteiger partial charge on any atom is 0.323 e. The van der Waals surface area contributed by atoms with Crippen LogP contribution in [0.15, 0.2) is 16.9 Å². The van der Waals surface area contributed by atoms with Gasteiger partial charge in [0.05, 0.1) is 16.6 Å². The van der Waals surface area contributed by atoms with Gasteiger partial charge in [0, 0.05) is 5.39 Å². The van der Waals surface area contributed by atoms with Crippen molar-refractivity contribution in [1.29, 1.82) is 0 Å². The normalized spacial score (nSPS) is 11.2. The summed E-state index contributed by atoms with van der Waals surface area (Å²) in [6.07, 6.45) is 0. The van der Waals surface area contributed by atoms with Gasteiger partial charge in [0.25, 0.3) is 5.91 Å². The Morgan fingerprint density at radius 2 is 1.83 bits per heavy atom. The molecule has 8 heteroatoms. The van der Waals surface area contributed by atoms with E-state index >= 15 is 0 Å². The average molecular weight is 247 g/mol. The van der Waals surface area contributed by atoms with E-state index < -0.39 is 5.91 Å². The van der Waals surface area contributed by atoms with E-state index in [1.54, 1.807) is 12.1 Å². The molecule has 1 amide bonds. The number of hydrogen-bond donors (Lipinski definition) is 6. The van der Waals surface area contributed by atoms with Crippen LogP contribution in [0.4, 0.5) is 0 Å². The van der Waals surface area contributed by atoms with Crippen molar-refractivity contribution < 1.29 is 9.90 Å². The topological polar surface area (TPSA) is 140 Å². The standard InChI is InChI=1S/C10H9N5O3/c11-15-9(17)7-3-1-5-6(14-10(18)13-5)2-4(3)12-8(7)16/h1-2,12,16H,11H2,(H,15,17)(H2,13,14,18). The summed E-state index contributed by atoms with van der Waals surface area (Å²) in [4.78, 5) is 30.5. The number of imidazole rings is 1. The van der Waals surface area contributed by atoms with Crippen molar-refractivity contribution in [2.24, 2.45) is 5.84 Å². The van der Waals surface area contributed by atoms with Crippen LogP contribution in [0.3, 0.4) is 0 Å². The van der Waals surface area contributed by atoms with Gasteiger partial charge in [-0.2, -0.15) is 0 Å². The predicted molar refractivity (Wildman–Crippen MR) is 64.1 cm³/mol. The number of nitrogens with one attached hydrogen (secondary N) is 4. The van der Waals surface area contributed by atoms with Crippen LogP contribution in [-0.4, -0.2) is 26.0 Å². The minimum absolute atomic E-state index is 0.0384. The summed E-state index contributed by atoms with van der Waals surface area (Å²) >= 11 is 0. The Labute approximate surface area is 98.8 Å². The Morgan fingerprint density at radius 3 is 2.50 bits per heavy atom. The fourth-order valence-electron chi connectivity index (χ4n) is 2.01. The van der Waals surface area contributed by atoms with Crippen LogP contribution >= 0.6 is 0 Å². The fraction of sp³-hybridized carbons (Fsp3) is 0. The number of aromatic hydroxyl groups is 1. The molecule has 0 saturated carbocycles. The lowest BCUT2D eigenvalue weighted by atomic mass is 10.1. The zero-order chi connectivity index (χ0) is 12.9. The van der Waals surface area contributed by atoms with Gasteiger partial charge in [-0.3, -0.25) is 10.2 Å². The zero-order valence-corrected chi connectivity index (χ0v) is 9.00. The number of carbonyl (C=O) groups excluding carboxylic acids is 1. The number of fused-ring (bicyclic) bond motifs is 2. The molecule has 0 atom stereocenters. The number of nitrogens with two attached hydrogens (primary N) is 1. The highest BCUT2D eigenvalue weighted by molar-refractivity contribution is 6.11. The van der Waals surface area contributed by atoms with E-state index in [0.29, 0.717) is 21.9 Å². The molecule has 2 heterocycles. The van der Waals surface area contributed by atoms with Crippen molar-refractivity contribution in [3.05, 3.63) is 28.2 Å². The molecular weight excluding hydrogens is 238 g/mol. The third-order valence-electron chi connectivity index (χ3n) is 2.77. The largest absolute Gasteiger partial charge is 0.494 e. The van der Waals surface area contributed by atoms with E-state index in [1.165, 1.54) is 0 Å². The molecule has 1 aromatic carbocycles. The van der Waals surface area contributed by atoms with Crippen molar-refractivity contribution in [2.75, 3.05) is 0 Å². The molecule has 0 spiro atoms. The summed E-state index contributed by atoms with van der Waals surface area (Å²) in [5.41, 5.74) is 3.29. The second kappa shape index (κ2) is 3.37. The average Bonchev–Trinajstić information content (AvgIpc) is 2.82. The third-order valence-corrected chi connectivity index (χ3v) is 2.77. The summed E-state index contributed by atoms with van der Waals surface area (Å²) in [7, 11) is 0. The molecule has 8 nitrogen and oxygen atoms in total. The summed E-state index contributed by atoms with van der Waals surface area (Å²) in [6, 6.07) is 3.21. The zero-order valence-electron chi connectivity index (χ0n) is 9.00. The van der Waals surface area contributed by atoms with Gasteiger partial charge in [0.15, 0.2) is 0 Å². The van der Waals surface area contributed by atoms with E-state index in [2.05, 4.69) is 15.0 Å². The first-order valence-corrected chi connectivity index (χ1v) is 5.08. The first-order valence-electron chi connectivity index (χ1n) is 5.08. The van der Waals surface area contributed by atoms with Crippen LogP contribution in [-0.2, 0) is 0 Å². The van der Waals surface area contributed by atoms with Crippen molar-refractivity contribution in [1.82, 2.24) is 20.4 Å². The number of aromatic amines is 3. The first-order chi connectivity index (χ1) is 8.60. The van der Waals surface area contributed by atoms with Crippen LogP contribution in [0.1, 0.15) is 10.4 Å². The van der Waals surface area contributed by atoms with Crippen LogP contribution in [0.2, 0.25) is 0 Å². The van der Waals surface area contributed by atoms with Crippen LogP contribution < -0.4 is 17.0 Å². The number of rotatable bonds is 1. The van der Waals surface area contributed by atoms with E-state index in [1.807, 2.05) is 5.43 Å². The lowest BCUT2D eigenvalue weighted by Gasteiger charge is -1.97. The molecule has 0 aliphatic rings. The van der Waals surface area contributed by atoms with Crippen molar-refractivity contribution in [3.8, 4) is 5.88 Å². The molecule has 0 fully saturated rings. The lowest BCUT2D eigenvalue weighted by molar-refractivity contribution is 0.0952. The monoisotopic (exact) mass is 247 g/mol. The molecule has 7 N–H and O–H groups in total. The summed E-state index contributed by atoms with van der Waals surface area (Å²) < 4.78 is 0. The van der Waals surface area contributed by atoms with E-state index in [9.17, 15) is 14.7 Å². The number of aromatic nitrogens is 3. The number of benzene rings is 1. The molecule has 0 aliphatic carbocycles. The highest BCUT2D eigenvalue weighted by atomic mass is 16.3. The predicted octanol–water partition coefficient (Wildman–Crippen LogP) is -0.353. The van der Waals surface area contributed by atoms with E-state index in [4.69, 9.17) is 5.84 Å². The maximum absolute atomic E-state index is 11.6. The van der Waals surface area contributed by atoms with E-state index in [0.717, 1.165) is 0 Å². The molecular formula is C10H9N5O3. The first kappa shape index (κ1) is 10.4. The Morgan fingerprint density at radius 1 is 1.17 bits per heavy atom. The third kappa shape index (κ3) is 1.29. The minimum Gasteiger partial charge on any atom is -0.494 e. The van der Waals surface area contributed by atoms with Crippen LogP contribution in [0, 0.1) is 0 Å². The molecule has 0 bridgehead atoms. The molecule has 0 unspecified atom stereocenters. The molecule has 0 saturated heterocycles. The van der Waals surface area contributed by atoms with Crippen LogP contribution in [0.5, 0.6) is 5.88 Å². The second-order valence-corrected chi connectivity index (χ2v) is 3.84. The molecule has 2 aromatic heterocycles. The summed E-state index contributed by atoms with van der Waals surface area (Å²) in [6.45, 7) is 0. The highest BCUT2D eigenvalue weighted by Crippen LogP contribution is 2.29. The Balaban J connectivity index is 2.42. The molecule has 3 aromatic rings. The fourth-order valence-corrected chi connectivity index (χ4v) is 2.01. The van der Waals surface area contributed by atoms with Gasteiger partial charge in [0.2, 0.25) is 5.88 Å². The molecule has 0 aliphatic heterocycles. The lowest BCUT2D eigenvalue weighted by Crippen LogP contribution is -2.29. The molecule has 0 radical (unpaired) electrons. The van der Waals surface area contributed by atoms with Gasteiger partial charge >= 0.3 is 5.69 Å². The van der Waals surface area contributed by atoms with Crippen molar-refractivity contribution in [3.63, 3.8) is 0 Å². The number of H-pyrrole nitrogens is 3. The van der Waals surface area contributed by atoms with E-state index in [-0.39, 0.29) is 17.1 Å². The Hall–Kier alpha value is -2.74. The maximum atomic E-state index is 11.6. The van der Waals surface area contributed by atoms with Gasteiger partial charge in [0.1, 0.15) is 5.56 Å². The van der Waals surface area contributed by atoms with Crippen molar-refractivity contribution >= 4 is 27.8 Å². The van der Waals surface area contributed by atoms with Crippen LogP contribution in [0.25, 0.3) is 21.9 Å². The Bertz CT molecular complexity index is 825. The molecule has 18 heavy (non-hydrogen) atoms. The van der Waals surface area contributed by atoms with Gasteiger partial charge in [-0.25, -0.2) is 10.6 Å². The highest BCUT2D eigenvalue weighted by Gasteiger charge is 2.18. The number of hydrazine groups is 1. The Kier molecular flexibility index (Phi) is 1.95. The van der Waals surface area contributed by atoms with Gasteiger partial charge in [-0.1, -0.05) is 0 Å². The second-order valence-electron chi connectivity index (χ2n) is 3.84. The molecule has 3 rings (SSSR count). The van der Waals surface area contributed by atoms with Gasteiger partial charge in [-0.05, 0) is 12.1 Å². The van der Waals surface area contributed by atoms with Gasteiger partial charge in [-0.15, -0.1) is 0 Å². The van der Waals surface area contributed by atoms with Crippen molar-refractivity contribution in [2.45, 2.75) is 0 Å². The summed E-state index contributed by atoms with van der Waals surface area (Å²) in [5.74, 6) is 4.16. The summed E-state index contributed by atoms with van der Waals surface area (Å²) in [5, 5.41) is 10.2. The number of carbonyl (C=O) groups is 1. The minimum atomic E-state index is -0.615. The number of hydrogen-bond acceptors (Lipinski definition) is 4. The molecule has 92 valence electrons. The smallest absolute Gasteiger partial charge is 0.323 e. The van der Waals surface area contributed by atoms with Gasteiger partial charge < -0.3 is 20.1 Å².